The summed E-state index contributed by atoms with van der Waals surface area (Å²) < 4.78 is 17.5. The molecule has 1 heterocycles. The van der Waals surface area contributed by atoms with Crippen LogP contribution in [0.3, 0.4) is 0 Å². The SMILES string of the molecule is COc1cc(NC(=O)c2cc(Br)c(Br)s2)cc(OC)c1OC. The first kappa shape index (κ1) is 17.1. The Morgan fingerprint density at radius 2 is 1.64 bits per heavy atom. The third-order valence-electron chi connectivity index (χ3n) is 2.79. The van der Waals surface area contributed by atoms with E-state index in [-0.39, 0.29) is 5.91 Å². The summed E-state index contributed by atoms with van der Waals surface area (Å²) in [5.41, 5.74) is 0.556. The Bertz CT molecular complexity index is 658. The fourth-order valence-electron chi connectivity index (χ4n) is 1.80. The summed E-state index contributed by atoms with van der Waals surface area (Å²) in [5.74, 6) is 1.21. The highest BCUT2D eigenvalue weighted by molar-refractivity contribution is 9.13. The largest absolute Gasteiger partial charge is 0.493 e. The van der Waals surface area contributed by atoms with Crippen LogP contribution in [0.1, 0.15) is 9.67 Å². The van der Waals surface area contributed by atoms with Gasteiger partial charge >= 0.3 is 0 Å². The van der Waals surface area contributed by atoms with E-state index in [1.807, 2.05) is 0 Å². The molecule has 2 aromatic rings. The van der Waals surface area contributed by atoms with Crippen LogP contribution in [0.15, 0.2) is 26.5 Å². The van der Waals surface area contributed by atoms with E-state index >= 15 is 0 Å². The number of halogens is 2. The number of hydrogen-bond donors (Lipinski definition) is 1. The molecule has 0 fully saturated rings. The van der Waals surface area contributed by atoms with Crippen LogP contribution in [0.25, 0.3) is 0 Å². The summed E-state index contributed by atoms with van der Waals surface area (Å²) in [5, 5.41) is 2.81. The Balaban J connectivity index is 2.31. The first-order valence-electron chi connectivity index (χ1n) is 6.06. The topological polar surface area (TPSA) is 56.8 Å². The van der Waals surface area contributed by atoms with E-state index in [2.05, 4.69) is 37.2 Å². The Hall–Kier alpha value is -1.25. The number of carbonyl (C=O) groups excluding carboxylic acids is 1. The second-order valence-corrected chi connectivity index (χ2v) is 7.32. The van der Waals surface area contributed by atoms with Gasteiger partial charge in [-0.1, -0.05) is 0 Å². The van der Waals surface area contributed by atoms with Crippen LogP contribution in [0.4, 0.5) is 5.69 Å². The standard InChI is InChI=1S/C14H13Br2NO4S/c1-19-9-4-7(5-10(20-2)12(9)21-3)17-14(18)11-6-8(15)13(16)22-11/h4-6H,1-3H3,(H,17,18). The normalized spacial score (nSPS) is 10.2. The van der Waals surface area contributed by atoms with Crippen molar-refractivity contribution in [3.63, 3.8) is 0 Å². The van der Waals surface area contributed by atoms with Gasteiger partial charge in [0.2, 0.25) is 5.75 Å². The maximum atomic E-state index is 12.3. The summed E-state index contributed by atoms with van der Waals surface area (Å²) in [7, 11) is 4.58. The van der Waals surface area contributed by atoms with Crippen molar-refractivity contribution in [1.82, 2.24) is 0 Å². The number of ether oxygens (including phenoxy) is 3. The summed E-state index contributed by atoms with van der Waals surface area (Å²) in [6, 6.07) is 5.11. The number of thiophene rings is 1. The van der Waals surface area contributed by atoms with Crippen molar-refractivity contribution >= 4 is 54.8 Å². The molecule has 1 amide bonds. The molecule has 0 atom stereocenters. The maximum Gasteiger partial charge on any atom is 0.265 e. The predicted molar refractivity (Wildman–Crippen MR) is 93.8 cm³/mol. The van der Waals surface area contributed by atoms with Gasteiger partial charge in [0.05, 0.1) is 30.0 Å². The summed E-state index contributed by atoms with van der Waals surface area (Å²) >= 11 is 8.07. The van der Waals surface area contributed by atoms with E-state index in [9.17, 15) is 4.79 Å². The van der Waals surface area contributed by atoms with Gasteiger partial charge in [-0.25, -0.2) is 0 Å². The van der Waals surface area contributed by atoms with Crippen molar-refractivity contribution in [3.8, 4) is 17.2 Å². The summed E-state index contributed by atoms with van der Waals surface area (Å²) in [4.78, 5) is 12.9. The monoisotopic (exact) mass is 449 g/mol. The lowest BCUT2D eigenvalue weighted by Crippen LogP contribution is -2.10. The van der Waals surface area contributed by atoms with Crippen LogP contribution in [-0.2, 0) is 0 Å². The van der Waals surface area contributed by atoms with Crippen LogP contribution in [0.5, 0.6) is 17.2 Å². The minimum Gasteiger partial charge on any atom is -0.493 e. The zero-order valence-electron chi connectivity index (χ0n) is 12.0. The Kier molecular flexibility index (Phi) is 5.71. The van der Waals surface area contributed by atoms with Crippen LogP contribution >= 0.6 is 43.2 Å². The van der Waals surface area contributed by atoms with E-state index in [1.54, 1.807) is 18.2 Å². The smallest absolute Gasteiger partial charge is 0.265 e. The zero-order valence-corrected chi connectivity index (χ0v) is 16.0. The molecule has 0 aliphatic heterocycles. The third kappa shape index (κ3) is 3.56. The first-order chi connectivity index (χ1) is 10.5. The van der Waals surface area contributed by atoms with Crippen LogP contribution < -0.4 is 19.5 Å². The molecule has 0 aliphatic carbocycles. The van der Waals surface area contributed by atoms with E-state index in [0.29, 0.717) is 27.8 Å². The second kappa shape index (κ2) is 7.34. The molecule has 5 nitrogen and oxygen atoms in total. The number of methoxy groups -OCH3 is 3. The van der Waals surface area contributed by atoms with Gasteiger partial charge in [-0.05, 0) is 37.9 Å². The summed E-state index contributed by atoms with van der Waals surface area (Å²) in [6.45, 7) is 0. The van der Waals surface area contributed by atoms with Gasteiger partial charge in [0.25, 0.3) is 5.91 Å². The van der Waals surface area contributed by atoms with Crippen molar-refractivity contribution in [2.24, 2.45) is 0 Å². The number of rotatable bonds is 5. The average Bonchev–Trinajstić information content (AvgIpc) is 2.85. The van der Waals surface area contributed by atoms with Gasteiger partial charge in [-0.2, -0.15) is 0 Å². The van der Waals surface area contributed by atoms with Gasteiger partial charge in [0.1, 0.15) is 0 Å². The molecule has 0 saturated heterocycles. The first-order valence-corrected chi connectivity index (χ1v) is 8.46. The second-order valence-electron chi connectivity index (χ2n) is 4.10. The molecule has 22 heavy (non-hydrogen) atoms. The molecule has 0 spiro atoms. The average molecular weight is 451 g/mol. The van der Waals surface area contributed by atoms with E-state index < -0.39 is 0 Å². The number of amides is 1. The number of benzene rings is 1. The molecule has 0 saturated carbocycles. The molecular formula is C14H13Br2NO4S. The highest BCUT2D eigenvalue weighted by Crippen LogP contribution is 2.40. The summed E-state index contributed by atoms with van der Waals surface area (Å²) in [6.07, 6.45) is 0. The maximum absolute atomic E-state index is 12.3. The highest BCUT2D eigenvalue weighted by atomic mass is 79.9. The lowest BCUT2D eigenvalue weighted by molar-refractivity contribution is 0.103. The fraction of sp³-hybridized carbons (Fsp3) is 0.214. The lowest BCUT2D eigenvalue weighted by Gasteiger charge is -2.14. The molecular weight excluding hydrogens is 438 g/mol. The predicted octanol–water partition coefficient (Wildman–Crippen LogP) is 4.55. The highest BCUT2D eigenvalue weighted by Gasteiger charge is 2.16. The molecule has 0 unspecified atom stereocenters. The van der Waals surface area contributed by atoms with Gasteiger partial charge in [-0.3, -0.25) is 4.79 Å². The van der Waals surface area contributed by atoms with Crippen LogP contribution in [0, 0.1) is 0 Å². The molecule has 0 aliphatic rings. The zero-order chi connectivity index (χ0) is 16.3. The van der Waals surface area contributed by atoms with Crippen molar-refractivity contribution in [1.29, 1.82) is 0 Å². The van der Waals surface area contributed by atoms with Crippen molar-refractivity contribution in [3.05, 3.63) is 31.3 Å². The van der Waals surface area contributed by atoms with E-state index in [4.69, 9.17) is 14.2 Å². The minimum absolute atomic E-state index is 0.217. The molecule has 8 heteroatoms. The van der Waals surface area contributed by atoms with Gasteiger partial charge in [0.15, 0.2) is 11.5 Å². The molecule has 1 aromatic heterocycles. The third-order valence-corrected chi connectivity index (χ3v) is 6.05. The van der Waals surface area contributed by atoms with Crippen LogP contribution in [-0.4, -0.2) is 27.2 Å². The molecule has 1 aromatic carbocycles. The quantitative estimate of drug-likeness (QED) is 0.725. The van der Waals surface area contributed by atoms with Gasteiger partial charge in [0, 0.05) is 22.3 Å². The fourth-order valence-corrected chi connectivity index (χ4v) is 3.74. The Labute approximate surface area is 148 Å². The number of carbonyl (C=O) groups is 1. The van der Waals surface area contributed by atoms with E-state index in [0.717, 1.165) is 8.26 Å². The van der Waals surface area contributed by atoms with Gasteiger partial charge < -0.3 is 19.5 Å². The molecule has 0 radical (unpaired) electrons. The number of anilines is 1. The lowest BCUT2D eigenvalue weighted by atomic mass is 10.2. The Morgan fingerprint density at radius 3 is 2.05 bits per heavy atom. The molecule has 118 valence electrons. The number of hydrogen-bond acceptors (Lipinski definition) is 5. The van der Waals surface area contributed by atoms with Crippen molar-refractivity contribution in [2.45, 2.75) is 0 Å². The number of nitrogens with one attached hydrogen (secondary N) is 1. The van der Waals surface area contributed by atoms with Crippen LogP contribution in [0.2, 0.25) is 0 Å². The van der Waals surface area contributed by atoms with Crippen molar-refractivity contribution in [2.75, 3.05) is 26.6 Å². The molecule has 0 bridgehead atoms. The van der Waals surface area contributed by atoms with Crippen molar-refractivity contribution < 1.29 is 19.0 Å². The molecule has 2 rings (SSSR count). The van der Waals surface area contributed by atoms with E-state index in [1.165, 1.54) is 32.7 Å². The molecule has 1 N–H and O–H groups in total. The minimum atomic E-state index is -0.217. The Morgan fingerprint density at radius 1 is 1.05 bits per heavy atom. The van der Waals surface area contributed by atoms with Gasteiger partial charge in [-0.15, -0.1) is 11.3 Å².